The maximum Gasteiger partial charge on any atom is 0.0712 e. The van der Waals surface area contributed by atoms with E-state index in [4.69, 9.17) is 0 Å². The van der Waals surface area contributed by atoms with E-state index in [1.165, 1.54) is 16.7 Å². The summed E-state index contributed by atoms with van der Waals surface area (Å²) in [6.45, 7) is 6.34. The molecule has 0 N–H and O–H groups in total. The molecule has 0 saturated heterocycles. The largest absolute Gasteiger partial charge is 0.252 e. The zero-order valence-corrected chi connectivity index (χ0v) is 8.26. The average Bonchev–Trinajstić information content (AvgIpc) is 2.39. The fourth-order valence-corrected chi connectivity index (χ4v) is 1.85. The molecule has 0 radical (unpaired) electrons. The van der Waals surface area contributed by atoms with Crippen molar-refractivity contribution in [3.8, 4) is 0 Å². The van der Waals surface area contributed by atoms with Crippen molar-refractivity contribution in [3.05, 3.63) is 35.4 Å². The normalized spacial score (nSPS) is 14.1. The molecule has 1 aliphatic heterocycles. The summed E-state index contributed by atoms with van der Waals surface area (Å²) in [5.74, 6) is 0. The Morgan fingerprint density at radius 3 is 2.54 bits per heavy atom. The molecule has 0 amide bonds. The van der Waals surface area contributed by atoms with Gasteiger partial charge in [0.25, 0.3) is 0 Å². The molecule has 1 aromatic rings. The molecule has 0 bridgehead atoms. The molecule has 0 fully saturated rings. The summed E-state index contributed by atoms with van der Waals surface area (Å²) in [5.41, 5.74) is 6.18. The van der Waals surface area contributed by atoms with Crippen molar-refractivity contribution in [3.63, 3.8) is 0 Å². The molecule has 0 aromatic heterocycles. The van der Waals surface area contributed by atoms with Gasteiger partial charge in [-0.3, -0.25) is 4.99 Å². The van der Waals surface area contributed by atoms with Gasteiger partial charge in [0, 0.05) is 16.8 Å². The molecule has 0 aliphatic carbocycles. The molecular weight excluding hydrogens is 158 g/mol. The second kappa shape index (κ2) is 2.84. The smallest absolute Gasteiger partial charge is 0.0712 e. The third-order valence-electron chi connectivity index (χ3n) is 2.32. The van der Waals surface area contributed by atoms with Crippen molar-refractivity contribution >= 4 is 17.0 Å². The lowest BCUT2D eigenvalue weighted by atomic mass is 9.99. The third kappa shape index (κ3) is 1.21. The minimum Gasteiger partial charge on any atom is -0.252 e. The fourth-order valence-electron chi connectivity index (χ4n) is 1.85. The first-order chi connectivity index (χ1) is 6.20. The molecule has 2 rings (SSSR count). The van der Waals surface area contributed by atoms with Crippen LogP contribution in [0.25, 0.3) is 5.57 Å². The van der Waals surface area contributed by atoms with E-state index in [2.05, 4.69) is 44.0 Å². The van der Waals surface area contributed by atoms with Crippen molar-refractivity contribution < 1.29 is 0 Å². The molecule has 1 aromatic carbocycles. The van der Waals surface area contributed by atoms with Crippen LogP contribution in [0.3, 0.4) is 0 Å². The lowest BCUT2D eigenvalue weighted by Crippen LogP contribution is -1.91. The second-order valence-electron chi connectivity index (χ2n) is 3.59. The van der Waals surface area contributed by atoms with Gasteiger partial charge in [-0.15, -0.1) is 0 Å². The van der Waals surface area contributed by atoms with Gasteiger partial charge >= 0.3 is 0 Å². The summed E-state index contributed by atoms with van der Waals surface area (Å²) < 4.78 is 0. The first-order valence-electron chi connectivity index (χ1n) is 4.52. The zero-order chi connectivity index (χ0) is 9.42. The third-order valence-corrected chi connectivity index (χ3v) is 2.32. The highest BCUT2D eigenvalue weighted by Gasteiger charge is 2.17. The van der Waals surface area contributed by atoms with Gasteiger partial charge in [-0.1, -0.05) is 23.8 Å². The molecule has 1 heterocycles. The van der Waals surface area contributed by atoms with Gasteiger partial charge in [-0.2, -0.15) is 0 Å². The average molecular weight is 171 g/mol. The number of hydrogen-bond donors (Lipinski definition) is 0. The van der Waals surface area contributed by atoms with E-state index in [-0.39, 0.29) is 0 Å². The van der Waals surface area contributed by atoms with Gasteiger partial charge in [0.05, 0.1) is 5.69 Å². The SMILES string of the molecule is CC1=Nc2ccccc2C1=C(C)C. The summed E-state index contributed by atoms with van der Waals surface area (Å²) in [6.07, 6.45) is 0. The minimum absolute atomic E-state index is 1.11. The predicted molar refractivity (Wildman–Crippen MR) is 57.5 cm³/mol. The first kappa shape index (κ1) is 8.24. The maximum atomic E-state index is 4.51. The molecule has 66 valence electrons. The number of nitrogens with zero attached hydrogens (tertiary/aromatic N) is 1. The minimum atomic E-state index is 1.11. The Morgan fingerprint density at radius 1 is 1.15 bits per heavy atom. The highest BCUT2D eigenvalue weighted by molar-refractivity contribution is 6.28. The molecule has 1 nitrogen and oxygen atoms in total. The predicted octanol–water partition coefficient (Wildman–Crippen LogP) is 3.59. The molecule has 13 heavy (non-hydrogen) atoms. The van der Waals surface area contributed by atoms with Crippen LogP contribution >= 0.6 is 0 Å². The Kier molecular flexibility index (Phi) is 1.80. The van der Waals surface area contributed by atoms with Crippen molar-refractivity contribution in [2.45, 2.75) is 20.8 Å². The van der Waals surface area contributed by atoms with Gasteiger partial charge < -0.3 is 0 Å². The number of fused-ring (bicyclic) bond motifs is 1. The Labute approximate surface area is 78.8 Å². The maximum absolute atomic E-state index is 4.51. The Bertz CT molecular complexity index is 407. The molecule has 0 atom stereocenters. The highest BCUT2D eigenvalue weighted by atomic mass is 14.8. The number of hydrogen-bond acceptors (Lipinski definition) is 1. The van der Waals surface area contributed by atoms with E-state index in [1.807, 2.05) is 6.07 Å². The standard InChI is InChI=1S/C12H13N/c1-8(2)12-9(3)13-11-7-5-4-6-10(11)12/h4-7H,1-3H3. The monoisotopic (exact) mass is 171 g/mol. The lowest BCUT2D eigenvalue weighted by Gasteiger charge is -2.02. The Morgan fingerprint density at radius 2 is 1.85 bits per heavy atom. The number of allylic oxidation sites excluding steroid dienone is 2. The zero-order valence-electron chi connectivity index (χ0n) is 8.26. The van der Waals surface area contributed by atoms with Crippen LogP contribution in [-0.4, -0.2) is 5.71 Å². The van der Waals surface area contributed by atoms with E-state index in [9.17, 15) is 0 Å². The summed E-state index contributed by atoms with van der Waals surface area (Å²) in [4.78, 5) is 4.51. The molecule has 0 unspecified atom stereocenters. The Hall–Kier alpha value is -1.37. The van der Waals surface area contributed by atoms with E-state index < -0.39 is 0 Å². The van der Waals surface area contributed by atoms with Crippen molar-refractivity contribution in [2.24, 2.45) is 4.99 Å². The highest BCUT2D eigenvalue weighted by Crippen LogP contribution is 2.35. The van der Waals surface area contributed by atoms with Crippen LogP contribution in [0.2, 0.25) is 0 Å². The van der Waals surface area contributed by atoms with E-state index in [1.54, 1.807) is 0 Å². The van der Waals surface area contributed by atoms with Gasteiger partial charge in [0.15, 0.2) is 0 Å². The van der Waals surface area contributed by atoms with Crippen LogP contribution in [0, 0.1) is 0 Å². The van der Waals surface area contributed by atoms with Crippen LogP contribution < -0.4 is 0 Å². The molecule has 1 aliphatic rings. The molecular formula is C12H13N. The summed E-state index contributed by atoms with van der Waals surface area (Å²) in [6, 6.07) is 8.30. The summed E-state index contributed by atoms with van der Waals surface area (Å²) >= 11 is 0. The van der Waals surface area contributed by atoms with Gasteiger partial charge in [0.1, 0.15) is 0 Å². The number of para-hydroxylation sites is 1. The number of aliphatic imine (C=N–C) groups is 1. The molecule has 0 saturated carbocycles. The van der Waals surface area contributed by atoms with Crippen LogP contribution in [0.5, 0.6) is 0 Å². The lowest BCUT2D eigenvalue weighted by molar-refractivity contribution is 1.41. The molecule has 1 heteroatoms. The van der Waals surface area contributed by atoms with Crippen LogP contribution in [0.15, 0.2) is 34.8 Å². The van der Waals surface area contributed by atoms with E-state index in [0.717, 1.165) is 11.4 Å². The number of rotatable bonds is 0. The number of benzene rings is 1. The van der Waals surface area contributed by atoms with Crippen LogP contribution in [-0.2, 0) is 0 Å². The fraction of sp³-hybridized carbons (Fsp3) is 0.250. The van der Waals surface area contributed by atoms with Gasteiger partial charge in [0.2, 0.25) is 0 Å². The van der Waals surface area contributed by atoms with Crippen molar-refractivity contribution in [1.29, 1.82) is 0 Å². The van der Waals surface area contributed by atoms with Gasteiger partial charge in [-0.25, -0.2) is 0 Å². The van der Waals surface area contributed by atoms with Crippen molar-refractivity contribution in [1.82, 2.24) is 0 Å². The van der Waals surface area contributed by atoms with Crippen LogP contribution in [0.4, 0.5) is 5.69 Å². The van der Waals surface area contributed by atoms with Gasteiger partial charge in [-0.05, 0) is 26.8 Å². The Balaban J connectivity index is 2.69. The second-order valence-corrected chi connectivity index (χ2v) is 3.59. The van der Waals surface area contributed by atoms with Crippen LogP contribution in [0.1, 0.15) is 26.3 Å². The van der Waals surface area contributed by atoms with E-state index in [0.29, 0.717) is 0 Å². The molecule has 0 spiro atoms. The topological polar surface area (TPSA) is 12.4 Å². The summed E-state index contributed by atoms with van der Waals surface area (Å²) in [7, 11) is 0. The van der Waals surface area contributed by atoms with Crippen molar-refractivity contribution in [2.75, 3.05) is 0 Å². The van der Waals surface area contributed by atoms with E-state index >= 15 is 0 Å². The summed E-state index contributed by atoms with van der Waals surface area (Å²) in [5, 5.41) is 0. The first-order valence-corrected chi connectivity index (χ1v) is 4.52. The quantitative estimate of drug-likeness (QED) is 0.565.